The van der Waals surface area contributed by atoms with Crippen LogP contribution in [0.5, 0.6) is 0 Å². The van der Waals surface area contributed by atoms with Gasteiger partial charge >= 0.3 is 0 Å². The third kappa shape index (κ3) is 3.39. The second kappa shape index (κ2) is 7.35. The highest BCUT2D eigenvalue weighted by Gasteiger charge is 2.34. The summed E-state index contributed by atoms with van der Waals surface area (Å²) < 4.78 is 33.6. The average molecular weight is 398 g/mol. The third-order valence-electron chi connectivity index (χ3n) is 5.18. The minimum Gasteiger partial charge on any atom is -0.361 e. The number of carbonyl (C=O) groups excluding carboxylic acids is 1. The molecule has 0 unspecified atom stereocenters. The van der Waals surface area contributed by atoms with E-state index in [9.17, 15) is 13.6 Å². The Hall–Kier alpha value is -3.16. The number of carbonyl (C=O) groups is 1. The van der Waals surface area contributed by atoms with E-state index in [0.29, 0.717) is 41.6 Å². The smallest absolute Gasteiger partial charge is 0.260 e. The summed E-state index contributed by atoms with van der Waals surface area (Å²) in [5, 5.41) is 3.97. The Morgan fingerprint density at radius 1 is 1.17 bits per heavy atom. The van der Waals surface area contributed by atoms with E-state index in [4.69, 9.17) is 4.52 Å². The molecule has 8 heteroatoms. The summed E-state index contributed by atoms with van der Waals surface area (Å²) in [5.41, 5.74) is 2.25. The van der Waals surface area contributed by atoms with Crippen LogP contribution < -0.4 is 0 Å². The number of hydrogen-bond donors (Lipinski definition) is 0. The molecule has 1 aromatic carbocycles. The van der Waals surface area contributed by atoms with Crippen molar-refractivity contribution in [3.63, 3.8) is 0 Å². The molecule has 0 radical (unpaired) electrons. The van der Waals surface area contributed by atoms with Crippen LogP contribution in [-0.2, 0) is 0 Å². The molecule has 29 heavy (non-hydrogen) atoms. The summed E-state index contributed by atoms with van der Waals surface area (Å²) in [6.07, 6.45) is 1.37. The third-order valence-corrected chi connectivity index (χ3v) is 5.18. The Labute approximate surface area is 166 Å². The molecule has 1 saturated heterocycles. The molecule has 3 aromatic rings. The van der Waals surface area contributed by atoms with Crippen molar-refractivity contribution in [3.8, 4) is 11.3 Å². The molecule has 0 spiro atoms. The number of rotatable bonds is 3. The van der Waals surface area contributed by atoms with Gasteiger partial charge in [-0.3, -0.25) is 4.79 Å². The van der Waals surface area contributed by atoms with E-state index in [0.717, 1.165) is 24.1 Å². The molecule has 1 amide bonds. The molecule has 4 rings (SSSR count). The predicted octanol–water partition coefficient (Wildman–Crippen LogP) is 4.31. The van der Waals surface area contributed by atoms with Gasteiger partial charge < -0.3 is 9.42 Å². The Balaban J connectivity index is 1.74. The van der Waals surface area contributed by atoms with Crippen molar-refractivity contribution in [2.24, 2.45) is 0 Å². The van der Waals surface area contributed by atoms with Gasteiger partial charge in [-0.1, -0.05) is 11.2 Å². The summed E-state index contributed by atoms with van der Waals surface area (Å²) in [7, 11) is 0. The van der Waals surface area contributed by atoms with Crippen molar-refractivity contribution in [1.29, 1.82) is 0 Å². The second-order valence-corrected chi connectivity index (χ2v) is 7.18. The van der Waals surface area contributed by atoms with Gasteiger partial charge in [0.05, 0.1) is 28.7 Å². The maximum absolute atomic E-state index is 14.2. The van der Waals surface area contributed by atoms with Crippen LogP contribution in [0.25, 0.3) is 11.3 Å². The molecule has 1 atom stereocenters. The highest BCUT2D eigenvalue weighted by atomic mass is 19.1. The lowest BCUT2D eigenvalue weighted by Crippen LogP contribution is -2.32. The summed E-state index contributed by atoms with van der Waals surface area (Å²) in [6, 6.07) is 4.83. The zero-order chi connectivity index (χ0) is 20.7. The van der Waals surface area contributed by atoms with E-state index in [1.54, 1.807) is 19.9 Å². The quantitative estimate of drug-likeness (QED) is 0.657. The Morgan fingerprint density at radius 2 is 1.90 bits per heavy atom. The fourth-order valence-electron chi connectivity index (χ4n) is 3.90. The van der Waals surface area contributed by atoms with Gasteiger partial charge in [-0.15, -0.1) is 0 Å². The van der Waals surface area contributed by atoms with Crippen LogP contribution in [0, 0.1) is 32.4 Å². The predicted molar refractivity (Wildman–Crippen MR) is 101 cm³/mol. The van der Waals surface area contributed by atoms with Gasteiger partial charge in [0.25, 0.3) is 5.91 Å². The van der Waals surface area contributed by atoms with Crippen molar-refractivity contribution >= 4 is 5.91 Å². The molecule has 3 heterocycles. The fourth-order valence-corrected chi connectivity index (χ4v) is 3.90. The van der Waals surface area contributed by atoms with Crippen LogP contribution in [0.3, 0.4) is 0 Å². The molecule has 1 aliphatic rings. The largest absolute Gasteiger partial charge is 0.361 e. The van der Waals surface area contributed by atoms with Gasteiger partial charge in [0.2, 0.25) is 0 Å². The normalized spacial score (nSPS) is 16.4. The summed E-state index contributed by atoms with van der Waals surface area (Å²) >= 11 is 0. The molecule has 0 saturated carbocycles. The van der Waals surface area contributed by atoms with E-state index >= 15 is 0 Å². The summed E-state index contributed by atoms with van der Waals surface area (Å²) in [6.45, 7) is 5.80. The first kappa shape index (κ1) is 19.2. The van der Waals surface area contributed by atoms with Crippen molar-refractivity contribution in [3.05, 3.63) is 64.4 Å². The molecule has 1 aliphatic heterocycles. The van der Waals surface area contributed by atoms with E-state index in [1.807, 2.05) is 6.92 Å². The van der Waals surface area contributed by atoms with Crippen molar-refractivity contribution < 1.29 is 18.1 Å². The first-order chi connectivity index (χ1) is 13.9. The van der Waals surface area contributed by atoms with Gasteiger partial charge in [0.15, 0.2) is 0 Å². The minimum absolute atomic E-state index is 0.387. The van der Waals surface area contributed by atoms with Gasteiger partial charge in [-0.05, 0) is 51.8 Å². The zero-order valence-electron chi connectivity index (χ0n) is 16.4. The molecule has 2 aromatic heterocycles. The Bertz CT molecular complexity index is 1060. The molecule has 0 aliphatic carbocycles. The monoisotopic (exact) mass is 398 g/mol. The van der Waals surface area contributed by atoms with E-state index < -0.39 is 23.1 Å². The molecule has 1 fully saturated rings. The van der Waals surface area contributed by atoms with Crippen LogP contribution in [0.15, 0.2) is 28.8 Å². The van der Waals surface area contributed by atoms with Crippen LogP contribution in [0.2, 0.25) is 0 Å². The number of nitrogens with zero attached hydrogens (tertiary/aromatic N) is 4. The first-order valence-corrected chi connectivity index (χ1v) is 9.40. The molecule has 150 valence electrons. The van der Waals surface area contributed by atoms with Crippen LogP contribution >= 0.6 is 0 Å². The summed E-state index contributed by atoms with van der Waals surface area (Å²) in [4.78, 5) is 23.4. The Kier molecular flexibility index (Phi) is 4.86. The number of aryl methyl sites for hydroxylation is 3. The lowest BCUT2D eigenvalue weighted by atomic mass is 10.0. The van der Waals surface area contributed by atoms with Crippen molar-refractivity contribution in [2.75, 3.05) is 6.54 Å². The van der Waals surface area contributed by atoms with Gasteiger partial charge in [0, 0.05) is 6.54 Å². The molecule has 6 nitrogen and oxygen atoms in total. The Morgan fingerprint density at radius 3 is 2.55 bits per heavy atom. The second-order valence-electron chi connectivity index (χ2n) is 7.18. The summed E-state index contributed by atoms with van der Waals surface area (Å²) in [5.74, 6) is -1.22. The maximum Gasteiger partial charge on any atom is 0.260 e. The topological polar surface area (TPSA) is 72.1 Å². The van der Waals surface area contributed by atoms with Crippen LogP contribution in [0.1, 0.15) is 52.2 Å². The molecular weight excluding hydrogens is 378 g/mol. The molecule has 0 bridgehead atoms. The number of hydrogen-bond acceptors (Lipinski definition) is 5. The molecule has 0 N–H and O–H groups in total. The lowest BCUT2D eigenvalue weighted by Gasteiger charge is -2.25. The fraction of sp³-hybridized carbons (Fsp3) is 0.333. The van der Waals surface area contributed by atoms with Crippen molar-refractivity contribution in [1.82, 2.24) is 20.0 Å². The van der Waals surface area contributed by atoms with Gasteiger partial charge in [-0.25, -0.2) is 18.7 Å². The number of benzene rings is 1. The highest BCUT2D eigenvalue weighted by molar-refractivity contribution is 5.95. The van der Waals surface area contributed by atoms with Crippen LogP contribution in [0.4, 0.5) is 8.78 Å². The number of likely N-dealkylation sites (tertiary alicyclic amines) is 1. The van der Waals surface area contributed by atoms with Crippen molar-refractivity contribution in [2.45, 2.75) is 39.7 Å². The molecular formula is C21H20F2N4O2. The number of aromatic nitrogens is 3. The standard InChI is InChI=1S/C21H20F2N4O2/c1-11-19(12(2)29-26-11)17-10-16(24-13(3)25-17)18-8-5-9-27(18)21(28)20-14(22)6-4-7-15(20)23/h4,6-7,10,18H,5,8-9H2,1-3H3/t18-/m1/s1. The van der Waals surface area contributed by atoms with Gasteiger partial charge in [-0.2, -0.15) is 0 Å². The van der Waals surface area contributed by atoms with Gasteiger partial charge in [0.1, 0.15) is 28.8 Å². The van der Waals surface area contributed by atoms with E-state index in [-0.39, 0.29) is 6.04 Å². The minimum atomic E-state index is -0.865. The number of halogens is 2. The maximum atomic E-state index is 14.2. The van der Waals surface area contributed by atoms with E-state index in [2.05, 4.69) is 15.1 Å². The lowest BCUT2D eigenvalue weighted by molar-refractivity contribution is 0.0722. The van der Waals surface area contributed by atoms with Crippen LogP contribution in [-0.4, -0.2) is 32.5 Å². The highest BCUT2D eigenvalue weighted by Crippen LogP contribution is 2.35. The van der Waals surface area contributed by atoms with E-state index in [1.165, 1.54) is 11.0 Å². The zero-order valence-corrected chi connectivity index (χ0v) is 16.4. The first-order valence-electron chi connectivity index (χ1n) is 9.40. The average Bonchev–Trinajstić information content (AvgIpc) is 3.28. The SMILES string of the molecule is Cc1nc(-c2c(C)noc2C)cc([C@H]2CCCN2C(=O)c2c(F)cccc2F)n1. The number of amides is 1.